The van der Waals surface area contributed by atoms with Gasteiger partial charge in [0.15, 0.2) is 17.3 Å². The van der Waals surface area contributed by atoms with Crippen LogP contribution >= 0.6 is 43.3 Å². The Morgan fingerprint density at radius 1 is 0.440 bits per heavy atom. The van der Waals surface area contributed by atoms with Gasteiger partial charge in [0.2, 0.25) is 0 Å². The summed E-state index contributed by atoms with van der Waals surface area (Å²) < 4.78 is 40.9. The number of hydrogen-bond donors (Lipinski definition) is 12. The number of phosphoric ester groups is 3. The monoisotopic (exact) mass is 836 g/mol. The van der Waals surface area contributed by atoms with Crippen molar-refractivity contribution in [2.75, 3.05) is 39.6 Å². The van der Waals surface area contributed by atoms with E-state index in [1.54, 1.807) is 0 Å². The van der Waals surface area contributed by atoms with Gasteiger partial charge in [0.1, 0.15) is 74.8 Å². The van der Waals surface area contributed by atoms with E-state index < -0.39 is 135 Å². The van der Waals surface area contributed by atoms with E-state index in [1.165, 1.54) is 0 Å². The number of rotatable bonds is 21. The van der Waals surface area contributed by atoms with Gasteiger partial charge < -0.3 is 118 Å². The second kappa shape index (κ2) is 28.2. The molecule has 0 saturated carbocycles. The van der Waals surface area contributed by atoms with Crippen LogP contribution < -0.4 is 29.4 Å². The van der Waals surface area contributed by atoms with Crippen LogP contribution in [0.4, 0.5) is 0 Å². The summed E-state index contributed by atoms with van der Waals surface area (Å²) in [6, 6.07) is 0. The van der Waals surface area contributed by atoms with Gasteiger partial charge in [-0.05, 0) is 0 Å². The molecule has 9 atom stereocenters. The SMILES string of the molecule is O=C(CO)[C@@H](O)[C@H](O)[C@H](O)COP(=O)([O-])[O-].O=C(CO)[C@@H](O)[C@H](O)[C@H](O)COP(=O)([O-])[O-].O=C(CO)[C@@H](O)[C@H](O)[C@H](O)COP(=O)([O-])[O-].[P+3].[P+3]. The average molecular weight is 836 g/mol. The van der Waals surface area contributed by atoms with Crippen molar-refractivity contribution in [1.29, 1.82) is 0 Å². The molecule has 32 heteroatoms. The molecule has 0 rings (SSSR count). The standard InChI is InChI=1S/3C6H13O9P.2P/c3*7-1-3(8)5(10)6(11)4(9)2-15-16(12,13)14;;/h3*4-7,9-11H,1-2H2,(H2,12,13,14);;/q;;;2*+3/p-6/t3*4-,5-,6-;;/m111../s1. The molecule has 0 aliphatic rings. The van der Waals surface area contributed by atoms with Gasteiger partial charge in [0.25, 0.3) is 0 Å². The number of carbonyl (C=O) groups excluding carboxylic acids is 3. The van der Waals surface area contributed by atoms with Crippen molar-refractivity contribution >= 4 is 60.6 Å². The summed E-state index contributed by atoms with van der Waals surface area (Å²) in [5, 5.41) is 106. The smallest absolute Gasteiger partial charge is 0.790 e. The molecule has 0 unspecified atom stereocenters. The van der Waals surface area contributed by atoms with Gasteiger partial charge in [-0.3, -0.25) is 14.4 Å². The number of ketones is 3. The quantitative estimate of drug-likeness (QED) is 0.0478. The molecule has 4 radical (unpaired) electrons. The number of aliphatic hydroxyl groups is 12. The zero-order chi connectivity index (χ0) is 38.8. The number of aliphatic hydroxyl groups excluding tert-OH is 12. The third-order valence-electron chi connectivity index (χ3n) is 4.82. The van der Waals surface area contributed by atoms with Crippen molar-refractivity contribution in [3.8, 4) is 0 Å². The minimum atomic E-state index is -5.31. The normalized spacial score (nSPS) is 17.2. The Morgan fingerprint density at radius 3 is 0.720 bits per heavy atom. The fourth-order valence-electron chi connectivity index (χ4n) is 2.28. The number of phosphoric acid groups is 3. The van der Waals surface area contributed by atoms with Gasteiger partial charge in [0.05, 0.1) is 43.3 Å². The maximum absolute atomic E-state index is 10.7. The van der Waals surface area contributed by atoms with Crippen LogP contribution in [-0.2, 0) is 41.6 Å². The molecule has 0 heterocycles. The summed E-state index contributed by atoms with van der Waals surface area (Å²) in [6.07, 6.45) is -18.3. The predicted octanol–water partition coefficient (Wildman–Crippen LogP) is -11.9. The molecule has 0 aromatic heterocycles. The Balaban J connectivity index is -0.000000199. The Labute approximate surface area is 287 Å². The number of carbonyl (C=O) groups is 3. The predicted molar refractivity (Wildman–Crippen MR) is 145 cm³/mol. The topological polar surface area (TPSA) is 511 Å². The largest absolute Gasteiger partial charge is 3.00 e. The van der Waals surface area contributed by atoms with E-state index in [4.69, 9.17) is 61.3 Å². The summed E-state index contributed by atoms with van der Waals surface area (Å²) in [7, 11) is -15.9. The van der Waals surface area contributed by atoms with Crippen LogP contribution in [0.5, 0.6) is 0 Å². The molecule has 0 aromatic rings. The molecule has 50 heavy (non-hydrogen) atoms. The molecule has 292 valence electrons. The van der Waals surface area contributed by atoms with Crippen LogP contribution in [0.2, 0.25) is 0 Å². The van der Waals surface area contributed by atoms with Gasteiger partial charge in [0, 0.05) is 0 Å². The third kappa shape index (κ3) is 29.2. The first kappa shape index (κ1) is 59.0. The third-order valence-corrected chi connectivity index (χ3v) is 6.22. The summed E-state index contributed by atoms with van der Waals surface area (Å²) in [4.78, 5) is 92.0. The molecule has 0 bridgehead atoms. The van der Waals surface area contributed by atoms with Crippen LogP contribution in [0.25, 0.3) is 0 Å². The van der Waals surface area contributed by atoms with Crippen molar-refractivity contribution < 1.29 is 132 Å². The van der Waals surface area contributed by atoms with Crippen molar-refractivity contribution in [1.82, 2.24) is 0 Å². The number of Topliss-reactive ketones (excluding diaryl/α,β-unsaturated/α-hetero) is 3. The summed E-state index contributed by atoms with van der Waals surface area (Å²) in [6.45, 7) is -6.47. The number of hydrogen-bond acceptors (Lipinski definition) is 27. The van der Waals surface area contributed by atoms with Crippen LogP contribution in [0.15, 0.2) is 0 Å². The van der Waals surface area contributed by atoms with Gasteiger partial charge >= 0.3 is 19.8 Å². The molecule has 12 N–H and O–H groups in total. The Bertz CT molecular complexity index is 960. The second-order valence-electron chi connectivity index (χ2n) is 8.61. The molecule has 0 aliphatic carbocycles. The molecule has 0 aromatic carbocycles. The van der Waals surface area contributed by atoms with E-state index in [1.807, 2.05) is 0 Å². The molecule has 0 amide bonds. The van der Waals surface area contributed by atoms with E-state index in [-0.39, 0.29) is 19.8 Å². The molecule has 0 aliphatic heterocycles. The van der Waals surface area contributed by atoms with E-state index in [0.717, 1.165) is 0 Å². The Morgan fingerprint density at radius 2 is 0.600 bits per heavy atom. The van der Waals surface area contributed by atoms with Crippen molar-refractivity contribution in [3.05, 3.63) is 0 Å². The van der Waals surface area contributed by atoms with E-state index in [9.17, 15) is 57.4 Å². The fourth-order valence-corrected chi connectivity index (χ4v) is 3.29. The maximum atomic E-state index is 10.7. The van der Waals surface area contributed by atoms with Gasteiger partial charge in [-0.25, -0.2) is 0 Å². The Kier molecular flexibility index (Phi) is 33.3. The molecular weight excluding hydrogens is 803 g/mol. The van der Waals surface area contributed by atoms with E-state index in [2.05, 4.69) is 13.6 Å². The van der Waals surface area contributed by atoms with Crippen molar-refractivity contribution in [2.45, 2.75) is 54.9 Å². The van der Waals surface area contributed by atoms with Gasteiger partial charge in [-0.15, -0.1) is 0 Å². The summed E-state index contributed by atoms with van der Waals surface area (Å²) >= 11 is 0. The molecule has 27 nitrogen and oxygen atoms in total. The molecular formula is C18H33O27P5. The van der Waals surface area contributed by atoms with E-state index in [0.29, 0.717) is 0 Å². The maximum Gasteiger partial charge on any atom is 3.00 e. The minimum Gasteiger partial charge on any atom is -0.790 e. The van der Waals surface area contributed by atoms with Gasteiger partial charge in [-0.1, -0.05) is 0 Å². The van der Waals surface area contributed by atoms with Crippen molar-refractivity contribution in [2.24, 2.45) is 0 Å². The van der Waals surface area contributed by atoms with Gasteiger partial charge in [-0.2, -0.15) is 0 Å². The molecule has 0 saturated heterocycles. The first-order valence-electron chi connectivity index (χ1n) is 12.1. The first-order chi connectivity index (χ1) is 21.6. The molecule has 0 fully saturated rings. The fraction of sp³-hybridized carbons (Fsp3) is 0.833. The van der Waals surface area contributed by atoms with E-state index >= 15 is 0 Å². The first-order valence-corrected chi connectivity index (χ1v) is 16.5. The zero-order valence-corrected chi connectivity index (χ0v) is 29.1. The van der Waals surface area contributed by atoms with Crippen LogP contribution in [-0.4, -0.2) is 173 Å². The zero-order valence-electron chi connectivity index (χ0n) is 24.7. The van der Waals surface area contributed by atoms with Crippen LogP contribution in [0.1, 0.15) is 0 Å². The summed E-state index contributed by atoms with van der Waals surface area (Å²) in [5.74, 6) is -3.50. The summed E-state index contributed by atoms with van der Waals surface area (Å²) in [5.41, 5.74) is 0. The van der Waals surface area contributed by atoms with Crippen LogP contribution in [0.3, 0.4) is 0 Å². The molecule has 0 spiro atoms. The van der Waals surface area contributed by atoms with Crippen LogP contribution in [0, 0.1) is 0 Å². The van der Waals surface area contributed by atoms with Crippen molar-refractivity contribution in [3.63, 3.8) is 0 Å². The second-order valence-corrected chi connectivity index (χ2v) is 12.1. The minimum absolute atomic E-state index is 0. The Hall–Kier alpha value is -0.280. The average Bonchev–Trinajstić information content (AvgIpc) is 3.00.